The maximum absolute atomic E-state index is 12.0. The van der Waals surface area contributed by atoms with Crippen molar-refractivity contribution >= 4 is 17.5 Å². The third-order valence-corrected chi connectivity index (χ3v) is 4.17. The van der Waals surface area contributed by atoms with Crippen LogP contribution < -0.4 is 15.0 Å². The molecule has 0 fully saturated rings. The highest BCUT2D eigenvalue weighted by Gasteiger charge is 2.13. The average molecular weight is 368 g/mol. The van der Waals surface area contributed by atoms with Crippen LogP contribution >= 0.6 is 0 Å². The summed E-state index contributed by atoms with van der Waals surface area (Å²) < 4.78 is 5.77. The van der Waals surface area contributed by atoms with E-state index in [1.54, 1.807) is 4.90 Å². The fourth-order valence-electron chi connectivity index (χ4n) is 2.69. The van der Waals surface area contributed by atoms with Gasteiger partial charge in [0.1, 0.15) is 11.5 Å². The highest BCUT2D eigenvalue weighted by atomic mass is 16.5. The van der Waals surface area contributed by atoms with Gasteiger partial charge in [-0.25, -0.2) is 0 Å². The van der Waals surface area contributed by atoms with Crippen LogP contribution in [0.25, 0.3) is 0 Å². The SMILES string of the molecule is CCCCCNC(=O)CCN(C(C)=O)c1ccc(Oc2ccccc2)cc1. The zero-order valence-electron chi connectivity index (χ0n) is 16.1. The van der Waals surface area contributed by atoms with E-state index < -0.39 is 0 Å². The molecule has 2 amide bonds. The number of benzene rings is 2. The number of ether oxygens (including phenoxy) is 1. The molecule has 0 aromatic heterocycles. The smallest absolute Gasteiger partial charge is 0.223 e. The Morgan fingerprint density at radius 1 is 0.963 bits per heavy atom. The first-order valence-corrected chi connectivity index (χ1v) is 9.48. The van der Waals surface area contributed by atoms with E-state index in [4.69, 9.17) is 4.74 Å². The van der Waals surface area contributed by atoms with Crippen molar-refractivity contribution in [2.24, 2.45) is 0 Å². The maximum Gasteiger partial charge on any atom is 0.223 e. The summed E-state index contributed by atoms with van der Waals surface area (Å²) in [6.45, 7) is 4.68. The minimum absolute atomic E-state index is 0.0265. The van der Waals surface area contributed by atoms with Crippen molar-refractivity contribution in [3.8, 4) is 11.5 Å². The fourth-order valence-corrected chi connectivity index (χ4v) is 2.69. The molecule has 0 aliphatic carbocycles. The first kappa shape index (κ1) is 20.5. The Balaban J connectivity index is 1.90. The van der Waals surface area contributed by atoms with Gasteiger partial charge in [-0.15, -0.1) is 0 Å². The number of amides is 2. The number of rotatable bonds is 10. The van der Waals surface area contributed by atoms with Crippen molar-refractivity contribution in [1.29, 1.82) is 0 Å². The van der Waals surface area contributed by atoms with Crippen LogP contribution in [0.2, 0.25) is 0 Å². The van der Waals surface area contributed by atoms with Crippen LogP contribution in [-0.2, 0) is 9.59 Å². The van der Waals surface area contributed by atoms with Gasteiger partial charge in [-0.1, -0.05) is 38.0 Å². The van der Waals surface area contributed by atoms with Gasteiger partial charge in [-0.2, -0.15) is 0 Å². The van der Waals surface area contributed by atoms with E-state index in [1.165, 1.54) is 6.92 Å². The highest BCUT2D eigenvalue weighted by Crippen LogP contribution is 2.24. The molecule has 0 radical (unpaired) electrons. The summed E-state index contributed by atoms with van der Waals surface area (Å²) in [5, 5.41) is 2.90. The molecule has 144 valence electrons. The molecular formula is C22H28N2O3. The summed E-state index contributed by atoms with van der Waals surface area (Å²) >= 11 is 0. The summed E-state index contributed by atoms with van der Waals surface area (Å²) in [5.74, 6) is 1.34. The molecule has 2 aromatic carbocycles. The van der Waals surface area contributed by atoms with Gasteiger partial charge in [0.15, 0.2) is 0 Å². The molecule has 0 unspecified atom stereocenters. The van der Waals surface area contributed by atoms with Crippen LogP contribution in [0.5, 0.6) is 11.5 Å². The Labute approximate surface area is 161 Å². The molecule has 5 heteroatoms. The second-order valence-electron chi connectivity index (χ2n) is 6.39. The number of nitrogens with one attached hydrogen (secondary N) is 1. The normalized spacial score (nSPS) is 10.3. The van der Waals surface area contributed by atoms with Gasteiger partial charge in [0.05, 0.1) is 0 Å². The Morgan fingerprint density at radius 2 is 1.63 bits per heavy atom. The lowest BCUT2D eigenvalue weighted by atomic mass is 10.2. The number of carbonyl (C=O) groups is 2. The minimum atomic E-state index is -0.0921. The lowest BCUT2D eigenvalue weighted by molar-refractivity contribution is -0.121. The molecule has 0 aliphatic heterocycles. The van der Waals surface area contributed by atoms with E-state index in [1.807, 2.05) is 54.6 Å². The second kappa shape index (κ2) is 11.0. The Morgan fingerprint density at radius 3 is 2.26 bits per heavy atom. The van der Waals surface area contributed by atoms with Crippen molar-refractivity contribution < 1.29 is 14.3 Å². The summed E-state index contributed by atoms with van der Waals surface area (Å²) in [5.41, 5.74) is 0.752. The first-order chi connectivity index (χ1) is 13.1. The monoisotopic (exact) mass is 368 g/mol. The number of unbranched alkanes of at least 4 members (excludes halogenated alkanes) is 2. The van der Waals surface area contributed by atoms with E-state index in [0.717, 1.165) is 30.7 Å². The predicted molar refractivity (Wildman–Crippen MR) is 108 cm³/mol. The Hall–Kier alpha value is -2.82. The van der Waals surface area contributed by atoms with Gasteiger partial charge >= 0.3 is 0 Å². The molecule has 0 aliphatic rings. The highest BCUT2D eigenvalue weighted by molar-refractivity contribution is 5.92. The number of nitrogens with zero attached hydrogens (tertiary/aromatic N) is 1. The molecule has 2 aromatic rings. The Kier molecular flexibility index (Phi) is 8.36. The van der Waals surface area contributed by atoms with Crippen molar-refractivity contribution in [1.82, 2.24) is 5.32 Å². The van der Waals surface area contributed by atoms with E-state index in [-0.39, 0.29) is 18.2 Å². The van der Waals surface area contributed by atoms with E-state index in [0.29, 0.717) is 18.8 Å². The number of anilines is 1. The third-order valence-electron chi connectivity index (χ3n) is 4.17. The lowest BCUT2D eigenvalue weighted by Gasteiger charge is -2.21. The molecule has 0 atom stereocenters. The van der Waals surface area contributed by atoms with Gasteiger partial charge in [0.25, 0.3) is 0 Å². The second-order valence-corrected chi connectivity index (χ2v) is 6.39. The Bertz CT molecular complexity index is 714. The van der Waals surface area contributed by atoms with Crippen LogP contribution in [0.15, 0.2) is 54.6 Å². The summed E-state index contributed by atoms with van der Waals surface area (Å²) in [7, 11) is 0. The average Bonchev–Trinajstić information content (AvgIpc) is 2.67. The van der Waals surface area contributed by atoms with E-state index >= 15 is 0 Å². The zero-order valence-corrected chi connectivity index (χ0v) is 16.1. The summed E-state index contributed by atoms with van der Waals surface area (Å²) in [4.78, 5) is 25.6. The van der Waals surface area contributed by atoms with Crippen molar-refractivity contribution in [2.45, 2.75) is 39.5 Å². The van der Waals surface area contributed by atoms with Gasteiger partial charge in [0.2, 0.25) is 11.8 Å². The molecular weight excluding hydrogens is 340 g/mol. The first-order valence-electron chi connectivity index (χ1n) is 9.48. The predicted octanol–water partition coefficient (Wildman–Crippen LogP) is 4.53. The van der Waals surface area contributed by atoms with Crippen LogP contribution in [0.4, 0.5) is 5.69 Å². The lowest BCUT2D eigenvalue weighted by Crippen LogP contribution is -2.34. The summed E-state index contributed by atoms with van der Waals surface area (Å²) in [6.07, 6.45) is 3.50. The number of hydrogen-bond donors (Lipinski definition) is 1. The molecule has 1 N–H and O–H groups in total. The maximum atomic E-state index is 12.0. The quantitative estimate of drug-likeness (QED) is 0.627. The van der Waals surface area contributed by atoms with Gasteiger partial charge in [-0.3, -0.25) is 9.59 Å². The molecule has 0 saturated heterocycles. The molecule has 0 heterocycles. The van der Waals surface area contributed by atoms with Gasteiger partial charge < -0.3 is 15.0 Å². The van der Waals surface area contributed by atoms with Gasteiger partial charge in [0, 0.05) is 32.1 Å². The largest absolute Gasteiger partial charge is 0.457 e. The summed E-state index contributed by atoms with van der Waals surface area (Å²) in [6, 6.07) is 16.8. The standard InChI is InChI=1S/C22H28N2O3/c1-3-4-8-16-23-22(26)15-17-24(18(2)25)19-11-13-21(14-12-19)27-20-9-6-5-7-10-20/h5-7,9-14H,3-4,8,15-17H2,1-2H3,(H,23,26). The number of para-hydroxylation sites is 1. The van der Waals surface area contributed by atoms with Crippen LogP contribution in [0, 0.1) is 0 Å². The van der Waals surface area contributed by atoms with Crippen LogP contribution in [-0.4, -0.2) is 24.9 Å². The zero-order chi connectivity index (χ0) is 19.5. The molecule has 5 nitrogen and oxygen atoms in total. The topological polar surface area (TPSA) is 58.6 Å². The van der Waals surface area contributed by atoms with Crippen LogP contribution in [0.3, 0.4) is 0 Å². The van der Waals surface area contributed by atoms with Crippen molar-refractivity contribution in [2.75, 3.05) is 18.0 Å². The van der Waals surface area contributed by atoms with E-state index in [2.05, 4.69) is 12.2 Å². The van der Waals surface area contributed by atoms with Gasteiger partial charge in [-0.05, 0) is 42.8 Å². The fraction of sp³-hybridized carbons (Fsp3) is 0.364. The molecule has 2 rings (SSSR count). The third kappa shape index (κ3) is 7.13. The molecule has 0 bridgehead atoms. The van der Waals surface area contributed by atoms with E-state index in [9.17, 15) is 9.59 Å². The van der Waals surface area contributed by atoms with Crippen molar-refractivity contribution in [3.63, 3.8) is 0 Å². The number of carbonyl (C=O) groups excluding carboxylic acids is 2. The molecule has 0 spiro atoms. The molecule has 27 heavy (non-hydrogen) atoms. The minimum Gasteiger partial charge on any atom is -0.457 e. The molecule has 0 saturated carbocycles. The van der Waals surface area contributed by atoms with Crippen molar-refractivity contribution in [3.05, 3.63) is 54.6 Å². The van der Waals surface area contributed by atoms with Crippen LogP contribution in [0.1, 0.15) is 39.5 Å². The number of hydrogen-bond acceptors (Lipinski definition) is 3.